The summed E-state index contributed by atoms with van der Waals surface area (Å²) >= 11 is 0. The molecule has 0 radical (unpaired) electrons. The molecule has 19 heavy (non-hydrogen) atoms. The van der Waals surface area contributed by atoms with Gasteiger partial charge in [0.1, 0.15) is 0 Å². The van der Waals surface area contributed by atoms with Crippen LogP contribution in [0.5, 0.6) is 0 Å². The Kier molecular flexibility index (Phi) is 3.80. The van der Waals surface area contributed by atoms with E-state index in [9.17, 15) is 4.79 Å². The number of ether oxygens (including phenoxy) is 1. The largest absolute Gasteiger partial charge is 0.380 e. The average molecular weight is 260 g/mol. The third-order valence-electron chi connectivity index (χ3n) is 3.89. The molecule has 3 rings (SSSR count). The van der Waals surface area contributed by atoms with Crippen LogP contribution in [0.25, 0.3) is 0 Å². The number of aryl methyl sites for hydroxylation is 1. The molecule has 4 heteroatoms. The molecule has 0 aromatic heterocycles. The van der Waals surface area contributed by atoms with Crippen LogP contribution in [0.15, 0.2) is 24.3 Å². The molecule has 1 amide bonds. The third-order valence-corrected chi connectivity index (χ3v) is 3.89. The zero-order chi connectivity index (χ0) is 13.1. The smallest absolute Gasteiger partial charge is 0.241 e. The molecule has 0 aliphatic carbocycles. The van der Waals surface area contributed by atoms with E-state index in [1.807, 2.05) is 18.2 Å². The quantitative estimate of drug-likeness (QED) is 0.851. The third kappa shape index (κ3) is 2.96. The van der Waals surface area contributed by atoms with Crippen LogP contribution in [0, 0.1) is 0 Å². The second-order valence-corrected chi connectivity index (χ2v) is 5.32. The van der Waals surface area contributed by atoms with Gasteiger partial charge < -0.3 is 15.4 Å². The van der Waals surface area contributed by atoms with E-state index in [4.69, 9.17) is 4.74 Å². The van der Waals surface area contributed by atoms with Crippen LogP contribution in [0.3, 0.4) is 0 Å². The van der Waals surface area contributed by atoms with Gasteiger partial charge in [0.15, 0.2) is 0 Å². The maximum Gasteiger partial charge on any atom is 0.241 e. The van der Waals surface area contributed by atoms with E-state index in [1.165, 1.54) is 5.56 Å². The average Bonchev–Trinajstić information content (AvgIpc) is 2.60. The minimum absolute atomic E-state index is 0.0792. The van der Waals surface area contributed by atoms with Gasteiger partial charge in [-0.1, -0.05) is 18.2 Å². The van der Waals surface area contributed by atoms with Gasteiger partial charge in [-0.2, -0.15) is 0 Å². The molecule has 0 spiro atoms. The van der Waals surface area contributed by atoms with E-state index in [-0.39, 0.29) is 11.9 Å². The first-order valence-electron chi connectivity index (χ1n) is 7.05. The highest BCUT2D eigenvalue weighted by Crippen LogP contribution is 2.22. The lowest BCUT2D eigenvalue weighted by atomic mass is 10.0. The molecule has 1 saturated heterocycles. The number of carbonyl (C=O) groups is 1. The predicted octanol–water partition coefficient (Wildman–Crippen LogP) is 1.71. The summed E-state index contributed by atoms with van der Waals surface area (Å²) in [6.07, 6.45) is 3.95. The van der Waals surface area contributed by atoms with Gasteiger partial charge in [0.25, 0.3) is 0 Å². The zero-order valence-electron chi connectivity index (χ0n) is 11.0. The van der Waals surface area contributed by atoms with E-state index >= 15 is 0 Å². The molecule has 1 aromatic carbocycles. The number of anilines is 1. The van der Waals surface area contributed by atoms with E-state index in [1.54, 1.807) is 0 Å². The highest BCUT2D eigenvalue weighted by atomic mass is 16.5. The maximum atomic E-state index is 12.2. The Morgan fingerprint density at radius 3 is 3.00 bits per heavy atom. The first-order valence-corrected chi connectivity index (χ1v) is 7.05. The lowest BCUT2D eigenvalue weighted by Crippen LogP contribution is -2.48. The molecular formula is C15H20N2O2. The molecule has 1 aromatic rings. The Morgan fingerprint density at radius 1 is 1.26 bits per heavy atom. The standard InChI is InChI=1S/C15H20N2O2/c18-15-14(16-12-5-3-9-19-10-12)8-7-11-4-1-2-6-13(11)17-15/h1-2,4,6,12,14,16H,3,5,7-10H2,(H,17,18). The Morgan fingerprint density at radius 2 is 2.16 bits per heavy atom. The number of benzene rings is 1. The van der Waals surface area contributed by atoms with E-state index in [0.29, 0.717) is 6.04 Å². The van der Waals surface area contributed by atoms with Gasteiger partial charge in [-0.15, -0.1) is 0 Å². The van der Waals surface area contributed by atoms with Crippen molar-refractivity contribution in [2.24, 2.45) is 0 Å². The Balaban J connectivity index is 1.66. The molecule has 2 heterocycles. The number of hydrogen-bond acceptors (Lipinski definition) is 3. The molecule has 2 atom stereocenters. The second kappa shape index (κ2) is 5.72. The first-order chi connectivity index (χ1) is 9.33. The van der Waals surface area contributed by atoms with Gasteiger partial charge in [-0.25, -0.2) is 0 Å². The van der Waals surface area contributed by atoms with Crippen molar-refractivity contribution < 1.29 is 9.53 Å². The van der Waals surface area contributed by atoms with Crippen LogP contribution in [0.1, 0.15) is 24.8 Å². The van der Waals surface area contributed by atoms with Crippen molar-refractivity contribution in [2.45, 2.75) is 37.8 Å². The monoisotopic (exact) mass is 260 g/mol. The molecule has 2 aliphatic heterocycles. The van der Waals surface area contributed by atoms with Gasteiger partial charge in [0, 0.05) is 18.3 Å². The lowest BCUT2D eigenvalue weighted by Gasteiger charge is -2.27. The summed E-state index contributed by atoms with van der Waals surface area (Å²) in [5.74, 6) is 0.0792. The van der Waals surface area contributed by atoms with Crippen molar-refractivity contribution in [3.05, 3.63) is 29.8 Å². The summed E-state index contributed by atoms with van der Waals surface area (Å²) in [4.78, 5) is 12.2. The number of carbonyl (C=O) groups excluding carboxylic acids is 1. The van der Waals surface area contributed by atoms with Gasteiger partial charge in [-0.3, -0.25) is 4.79 Å². The lowest BCUT2D eigenvalue weighted by molar-refractivity contribution is -0.118. The fourth-order valence-electron chi connectivity index (χ4n) is 2.83. The number of fused-ring (bicyclic) bond motifs is 1. The summed E-state index contributed by atoms with van der Waals surface area (Å²) < 4.78 is 5.46. The van der Waals surface area contributed by atoms with Crippen LogP contribution in [-0.4, -0.2) is 31.2 Å². The van der Waals surface area contributed by atoms with Gasteiger partial charge in [0.05, 0.1) is 12.6 Å². The zero-order valence-corrected chi connectivity index (χ0v) is 11.0. The normalized spacial score (nSPS) is 27.3. The second-order valence-electron chi connectivity index (χ2n) is 5.32. The fourth-order valence-corrected chi connectivity index (χ4v) is 2.83. The number of hydrogen-bond donors (Lipinski definition) is 2. The summed E-state index contributed by atoms with van der Waals surface area (Å²) in [6, 6.07) is 8.24. The Labute approximate surface area is 113 Å². The molecule has 102 valence electrons. The predicted molar refractivity (Wildman–Crippen MR) is 74.2 cm³/mol. The van der Waals surface area contributed by atoms with Gasteiger partial charge in [-0.05, 0) is 37.3 Å². The number of nitrogens with one attached hydrogen (secondary N) is 2. The van der Waals surface area contributed by atoms with Crippen molar-refractivity contribution in [3.63, 3.8) is 0 Å². The van der Waals surface area contributed by atoms with Crippen molar-refractivity contribution in [1.82, 2.24) is 5.32 Å². The summed E-state index contributed by atoms with van der Waals surface area (Å²) in [7, 11) is 0. The van der Waals surface area contributed by atoms with Crippen molar-refractivity contribution >= 4 is 11.6 Å². The van der Waals surface area contributed by atoms with Crippen LogP contribution >= 0.6 is 0 Å². The highest BCUT2D eigenvalue weighted by Gasteiger charge is 2.26. The van der Waals surface area contributed by atoms with Crippen molar-refractivity contribution in [2.75, 3.05) is 18.5 Å². The SMILES string of the molecule is O=C1Nc2ccccc2CCC1NC1CCCOC1. The number of para-hydroxylation sites is 1. The molecule has 0 saturated carbocycles. The van der Waals surface area contributed by atoms with Crippen LogP contribution in [-0.2, 0) is 16.0 Å². The first kappa shape index (κ1) is 12.6. The van der Waals surface area contributed by atoms with Crippen LogP contribution in [0.4, 0.5) is 5.69 Å². The Bertz CT molecular complexity index is 455. The molecular weight excluding hydrogens is 240 g/mol. The molecule has 2 N–H and O–H groups in total. The fraction of sp³-hybridized carbons (Fsp3) is 0.533. The summed E-state index contributed by atoms with van der Waals surface area (Å²) in [6.45, 7) is 1.57. The van der Waals surface area contributed by atoms with E-state index < -0.39 is 0 Å². The summed E-state index contributed by atoms with van der Waals surface area (Å²) in [5.41, 5.74) is 2.18. The maximum absolute atomic E-state index is 12.2. The topological polar surface area (TPSA) is 50.4 Å². The minimum atomic E-state index is -0.112. The highest BCUT2D eigenvalue weighted by molar-refractivity contribution is 5.96. The van der Waals surface area contributed by atoms with E-state index in [2.05, 4.69) is 16.7 Å². The van der Waals surface area contributed by atoms with Crippen molar-refractivity contribution in [3.8, 4) is 0 Å². The van der Waals surface area contributed by atoms with Crippen LogP contribution < -0.4 is 10.6 Å². The van der Waals surface area contributed by atoms with Gasteiger partial charge in [0.2, 0.25) is 5.91 Å². The van der Waals surface area contributed by atoms with Crippen LogP contribution in [0.2, 0.25) is 0 Å². The number of rotatable bonds is 2. The molecule has 0 bridgehead atoms. The number of amides is 1. The Hall–Kier alpha value is -1.39. The van der Waals surface area contributed by atoms with Gasteiger partial charge >= 0.3 is 0 Å². The van der Waals surface area contributed by atoms with Crippen molar-refractivity contribution in [1.29, 1.82) is 0 Å². The molecule has 2 unspecified atom stereocenters. The summed E-state index contributed by atoms with van der Waals surface area (Å²) in [5, 5.41) is 6.47. The molecule has 4 nitrogen and oxygen atoms in total. The minimum Gasteiger partial charge on any atom is -0.380 e. The molecule has 1 fully saturated rings. The molecule has 2 aliphatic rings. The van der Waals surface area contributed by atoms with E-state index in [0.717, 1.165) is 44.6 Å².